The summed E-state index contributed by atoms with van der Waals surface area (Å²) in [5, 5.41) is 10.2. The van der Waals surface area contributed by atoms with Gasteiger partial charge in [-0.25, -0.2) is 9.67 Å². The third-order valence-corrected chi connectivity index (χ3v) is 7.53. The SMILES string of the molecule is Cc1ccccc1-c1cc(C(=O)NCCC(=O)N2CCc3sccc3C2)c2cnn(C(C)C)c2n1. The average molecular weight is 488 g/mol. The van der Waals surface area contributed by atoms with E-state index in [1.807, 2.05) is 60.7 Å². The lowest BCUT2D eigenvalue weighted by atomic mass is 10.0. The number of aryl methyl sites for hydroxylation is 1. The van der Waals surface area contributed by atoms with E-state index >= 15 is 0 Å². The maximum atomic E-state index is 13.3. The molecule has 0 radical (unpaired) electrons. The molecule has 35 heavy (non-hydrogen) atoms. The van der Waals surface area contributed by atoms with Crippen LogP contribution < -0.4 is 5.32 Å². The lowest BCUT2D eigenvalue weighted by Crippen LogP contribution is -2.37. The highest BCUT2D eigenvalue weighted by Gasteiger charge is 2.22. The molecule has 1 N–H and O–H groups in total. The van der Waals surface area contributed by atoms with Gasteiger partial charge in [0.05, 0.1) is 22.8 Å². The summed E-state index contributed by atoms with van der Waals surface area (Å²) in [6.07, 6.45) is 2.88. The number of fused-ring (bicyclic) bond motifs is 2. The number of amides is 2. The molecule has 0 atom stereocenters. The number of carbonyl (C=O) groups excluding carboxylic acids is 2. The normalized spacial score (nSPS) is 13.3. The predicted molar refractivity (Wildman–Crippen MR) is 138 cm³/mol. The minimum atomic E-state index is -0.220. The van der Waals surface area contributed by atoms with Crippen molar-refractivity contribution in [3.63, 3.8) is 0 Å². The van der Waals surface area contributed by atoms with E-state index in [1.54, 1.807) is 17.5 Å². The number of hydrogen-bond donors (Lipinski definition) is 1. The van der Waals surface area contributed by atoms with Crippen molar-refractivity contribution in [2.45, 2.75) is 46.2 Å². The lowest BCUT2D eigenvalue weighted by molar-refractivity contribution is -0.131. The van der Waals surface area contributed by atoms with Gasteiger partial charge in [-0.3, -0.25) is 9.59 Å². The zero-order chi connectivity index (χ0) is 24.5. The summed E-state index contributed by atoms with van der Waals surface area (Å²) >= 11 is 1.76. The second kappa shape index (κ2) is 9.62. The van der Waals surface area contributed by atoms with E-state index in [0.717, 1.165) is 29.8 Å². The van der Waals surface area contributed by atoms with Gasteiger partial charge in [-0.15, -0.1) is 11.3 Å². The van der Waals surface area contributed by atoms with Crippen molar-refractivity contribution < 1.29 is 9.59 Å². The van der Waals surface area contributed by atoms with Crippen molar-refractivity contribution >= 4 is 34.2 Å². The van der Waals surface area contributed by atoms with Crippen molar-refractivity contribution in [2.24, 2.45) is 0 Å². The van der Waals surface area contributed by atoms with Crippen LogP contribution in [0.4, 0.5) is 0 Å². The van der Waals surface area contributed by atoms with Gasteiger partial charge in [0.2, 0.25) is 5.91 Å². The van der Waals surface area contributed by atoms with Gasteiger partial charge in [0, 0.05) is 42.5 Å². The molecule has 8 heteroatoms. The Labute approximate surface area is 208 Å². The van der Waals surface area contributed by atoms with Gasteiger partial charge in [-0.2, -0.15) is 5.10 Å². The smallest absolute Gasteiger partial charge is 0.252 e. The molecular weight excluding hydrogens is 458 g/mol. The molecule has 180 valence electrons. The summed E-state index contributed by atoms with van der Waals surface area (Å²) in [6.45, 7) is 7.79. The van der Waals surface area contributed by atoms with Crippen molar-refractivity contribution in [3.8, 4) is 11.3 Å². The summed E-state index contributed by atoms with van der Waals surface area (Å²) in [7, 11) is 0. The van der Waals surface area contributed by atoms with Crippen LogP contribution in [0.3, 0.4) is 0 Å². The van der Waals surface area contributed by atoms with Crippen LogP contribution in [0.5, 0.6) is 0 Å². The van der Waals surface area contributed by atoms with E-state index in [-0.39, 0.29) is 30.8 Å². The largest absolute Gasteiger partial charge is 0.351 e. The molecule has 2 amide bonds. The first-order valence-electron chi connectivity index (χ1n) is 12.0. The maximum absolute atomic E-state index is 13.3. The molecular formula is C27H29N5O2S. The van der Waals surface area contributed by atoms with E-state index in [4.69, 9.17) is 4.98 Å². The van der Waals surface area contributed by atoms with Crippen LogP contribution in [0.15, 0.2) is 48.0 Å². The zero-order valence-electron chi connectivity index (χ0n) is 20.2. The third-order valence-electron chi connectivity index (χ3n) is 6.51. The highest BCUT2D eigenvalue weighted by molar-refractivity contribution is 7.10. The van der Waals surface area contributed by atoms with Crippen LogP contribution in [-0.4, -0.2) is 44.6 Å². The molecule has 0 saturated carbocycles. The zero-order valence-corrected chi connectivity index (χ0v) is 21.1. The number of nitrogens with zero attached hydrogens (tertiary/aromatic N) is 4. The van der Waals surface area contributed by atoms with Crippen LogP contribution in [0, 0.1) is 6.92 Å². The van der Waals surface area contributed by atoms with Crippen LogP contribution in [0.1, 0.15) is 52.7 Å². The van der Waals surface area contributed by atoms with Gasteiger partial charge in [0.25, 0.3) is 5.91 Å². The summed E-state index contributed by atoms with van der Waals surface area (Å²) < 4.78 is 1.84. The van der Waals surface area contributed by atoms with Crippen LogP contribution in [0.2, 0.25) is 0 Å². The molecule has 4 aromatic rings. The molecule has 5 rings (SSSR count). The quantitative estimate of drug-likeness (QED) is 0.426. The summed E-state index contributed by atoms with van der Waals surface area (Å²) in [5.74, 6) is -0.155. The maximum Gasteiger partial charge on any atom is 0.252 e. The van der Waals surface area contributed by atoms with Crippen molar-refractivity contribution in [3.05, 3.63) is 69.5 Å². The van der Waals surface area contributed by atoms with Crippen LogP contribution in [-0.2, 0) is 17.8 Å². The summed E-state index contributed by atoms with van der Waals surface area (Å²) in [4.78, 5) is 34.2. The first kappa shape index (κ1) is 23.2. The Bertz CT molecular complexity index is 1400. The summed E-state index contributed by atoms with van der Waals surface area (Å²) in [6, 6.07) is 12.0. The molecule has 7 nitrogen and oxygen atoms in total. The number of rotatable bonds is 6. The number of nitrogens with one attached hydrogen (secondary N) is 1. The molecule has 0 bridgehead atoms. The van der Waals surface area contributed by atoms with Crippen molar-refractivity contribution in [2.75, 3.05) is 13.1 Å². The van der Waals surface area contributed by atoms with Crippen molar-refractivity contribution in [1.29, 1.82) is 0 Å². The van der Waals surface area contributed by atoms with Crippen molar-refractivity contribution in [1.82, 2.24) is 25.0 Å². The molecule has 0 saturated heterocycles. The Balaban J connectivity index is 1.35. The van der Waals surface area contributed by atoms with E-state index in [2.05, 4.69) is 21.9 Å². The van der Waals surface area contributed by atoms with E-state index in [1.165, 1.54) is 10.4 Å². The highest BCUT2D eigenvalue weighted by atomic mass is 32.1. The molecule has 0 aliphatic carbocycles. The fraction of sp³-hybridized carbons (Fsp3) is 0.333. The molecule has 0 fully saturated rings. The van der Waals surface area contributed by atoms with Gasteiger partial charge in [0.15, 0.2) is 5.65 Å². The number of hydrogen-bond acceptors (Lipinski definition) is 5. The monoisotopic (exact) mass is 487 g/mol. The van der Waals surface area contributed by atoms with Gasteiger partial charge < -0.3 is 10.2 Å². The number of aromatic nitrogens is 3. The predicted octanol–water partition coefficient (Wildman–Crippen LogP) is 4.75. The first-order chi connectivity index (χ1) is 16.9. The molecule has 1 aromatic carbocycles. The Hall–Kier alpha value is -3.52. The van der Waals surface area contributed by atoms with E-state index < -0.39 is 0 Å². The molecule has 3 aromatic heterocycles. The Morgan fingerprint density at radius 2 is 2.03 bits per heavy atom. The number of thiophene rings is 1. The minimum Gasteiger partial charge on any atom is -0.351 e. The van der Waals surface area contributed by atoms with Gasteiger partial charge in [-0.05, 0) is 55.8 Å². The van der Waals surface area contributed by atoms with Crippen LogP contribution in [0.25, 0.3) is 22.3 Å². The van der Waals surface area contributed by atoms with E-state index in [9.17, 15) is 9.59 Å². The molecule has 0 unspecified atom stereocenters. The van der Waals surface area contributed by atoms with Gasteiger partial charge in [0.1, 0.15) is 0 Å². The van der Waals surface area contributed by atoms with Gasteiger partial charge in [-0.1, -0.05) is 24.3 Å². The number of benzene rings is 1. The third kappa shape index (κ3) is 4.58. The molecule has 1 aliphatic heterocycles. The average Bonchev–Trinajstić information content (AvgIpc) is 3.50. The Morgan fingerprint density at radius 3 is 2.83 bits per heavy atom. The second-order valence-electron chi connectivity index (χ2n) is 9.23. The topological polar surface area (TPSA) is 80.1 Å². The lowest BCUT2D eigenvalue weighted by Gasteiger charge is -2.27. The van der Waals surface area contributed by atoms with Crippen LogP contribution >= 0.6 is 11.3 Å². The first-order valence-corrected chi connectivity index (χ1v) is 12.9. The number of pyridine rings is 1. The summed E-state index contributed by atoms with van der Waals surface area (Å²) in [5.41, 5.74) is 5.24. The second-order valence-corrected chi connectivity index (χ2v) is 10.2. The standard InChI is InChI=1S/C27H29N5O2S/c1-17(2)32-26-22(15-29-32)21(14-23(30-26)20-7-5-4-6-18(20)3)27(34)28-11-8-25(33)31-12-9-24-19(16-31)10-13-35-24/h4-7,10,13-15,17H,8-9,11-12,16H2,1-3H3,(H,28,34). The molecule has 4 heterocycles. The highest BCUT2D eigenvalue weighted by Crippen LogP contribution is 2.28. The fourth-order valence-electron chi connectivity index (χ4n) is 4.58. The van der Waals surface area contributed by atoms with Gasteiger partial charge >= 0.3 is 0 Å². The molecule has 1 aliphatic rings. The van der Waals surface area contributed by atoms with E-state index in [0.29, 0.717) is 23.1 Å². The fourth-order valence-corrected chi connectivity index (χ4v) is 5.47. The Morgan fingerprint density at radius 1 is 1.20 bits per heavy atom. The number of carbonyl (C=O) groups is 2. The molecule has 0 spiro atoms. The Kier molecular flexibility index (Phi) is 6.38. The minimum absolute atomic E-state index is 0.0650.